The highest BCUT2D eigenvalue weighted by Crippen LogP contribution is 2.21. The van der Waals surface area contributed by atoms with Crippen molar-refractivity contribution in [3.63, 3.8) is 0 Å². The Kier molecular flexibility index (Phi) is 6.72. The fourth-order valence-corrected chi connectivity index (χ4v) is 2.61. The van der Waals surface area contributed by atoms with E-state index in [1.807, 2.05) is 12.3 Å². The van der Waals surface area contributed by atoms with Crippen LogP contribution in [0.1, 0.15) is 44.7 Å². The molecule has 5 heteroatoms. The van der Waals surface area contributed by atoms with Crippen molar-refractivity contribution >= 4 is 22.4 Å². The average molecular weight is 270 g/mol. The van der Waals surface area contributed by atoms with Crippen LogP contribution in [0.3, 0.4) is 0 Å². The molecule has 0 aromatic carbocycles. The molecule has 0 saturated carbocycles. The van der Waals surface area contributed by atoms with E-state index < -0.39 is 5.97 Å². The Labute approximate surface area is 113 Å². The summed E-state index contributed by atoms with van der Waals surface area (Å²) in [6.07, 6.45) is 4.93. The zero-order valence-corrected chi connectivity index (χ0v) is 12.0. The number of aromatic nitrogens is 1. The van der Waals surface area contributed by atoms with Crippen LogP contribution < -0.4 is 4.90 Å². The molecule has 0 fully saturated rings. The van der Waals surface area contributed by atoms with E-state index in [4.69, 9.17) is 5.11 Å². The molecular weight excluding hydrogens is 248 g/mol. The summed E-state index contributed by atoms with van der Waals surface area (Å²) in [6, 6.07) is 0. The monoisotopic (exact) mass is 270 g/mol. The number of rotatable bonds is 9. The molecule has 0 amide bonds. The van der Waals surface area contributed by atoms with Gasteiger partial charge >= 0.3 is 5.97 Å². The first-order valence-electron chi connectivity index (χ1n) is 6.52. The van der Waals surface area contributed by atoms with Gasteiger partial charge in [0.1, 0.15) is 0 Å². The van der Waals surface area contributed by atoms with E-state index in [-0.39, 0.29) is 6.42 Å². The van der Waals surface area contributed by atoms with Gasteiger partial charge in [-0.15, -0.1) is 11.3 Å². The molecule has 0 aliphatic carbocycles. The summed E-state index contributed by atoms with van der Waals surface area (Å²) in [4.78, 5) is 17.2. The van der Waals surface area contributed by atoms with Crippen LogP contribution >= 0.6 is 11.3 Å². The summed E-state index contributed by atoms with van der Waals surface area (Å²) in [5.41, 5.74) is 1.00. The lowest BCUT2D eigenvalue weighted by molar-refractivity contribution is -0.136. The smallest absolute Gasteiger partial charge is 0.305 e. The first kappa shape index (κ1) is 15.0. The summed E-state index contributed by atoms with van der Waals surface area (Å²) in [5.74, 6) is -0.748. The lowest BCUT2D eigenvalue weighted by Crippen LogP contribution is -2.27. The number of hydrogen-bond donors (Lipinski definition) is 1. The van der Waals surface area contributed by atoms with E-state index in [0.29, 0.717) is 6.54 Å². The number of carboxylic acid groups (broad SMARTS) is 1. The van der Waals surface area contributed by atoms with Crippen molar-refractivity contribution < 1.29 is 9.90 Å². The van der Waals surface area contributed by atoms with E-state index in [0.717, 1.165) is 23.8 Å². The molecule has 1 rings (SSSR count). The largest absolute Gasteiger partial charge is 0.481 e. The minimum absolute atomic E-state index is 0.173. The second kappa shape index (κ2) is 8.08. The van der Waals surface area contributed by atoms with Crippen molar-refractivity contribution in [1.29, 1.82) is 0 Å². The van der Waals surface area contributed by atoms with Gasteiger partial charge in [0.25, 0.3) is 0 Å². The zero-order chi connectivity index (χ0) is 13.4. The highest BCUT2D eigenvalue weighted by molar-refractivity contribution is 7.13. The van der Waals surface area contributed by atoms with Crippen LogP contribution in [0.4, 0.5) is 5.13 Å². The molecular formula is C13H22N2O2S. The Balaban J connectivity index is 2.49. The number of unbranched alkanes of at least 4 members (excludes halogenated alkanes) is 3. The number of aliphatic carboxylic acids is 1. The summed E-state index contributed by atoms with van der Waals surface area (Å²) in [6.45, 7) is 5.60. The Hall–Kier alpha value is -1.10. The van der Waals surface area contributed by atoms with Crippen LogP contribution in [0.25, 0.3) is 0 Å². The van der Waals surface area contributed by atoms with Gasteiger partial charge in [0.2, 0.25) is 0 Å². The normalized spacial score (nSPS) is 10.6. The van der Waals surface area contributed by atoms with Gasteiger partial charge in [0.05, 0.1) is 12.1 Å². The van der Waals surface area contributed by atoms with Crippen LogP contribution in [0.15, 0.2) is 5.38 Å². The molecule has 1 heterocycles. The van der Waals surface area contributed by atoms with Crippen LogP contribution in [0.2, 0.25) is 0 Å². The van der Waals surface area contributed by atoms with Crippen LogP contribution in [0, 0.1) is 6.92 Å². The molecule has 0 radical (unpaired) electrons. The fourth-order valence-electron chi connectivity index (χ4n) is 1.75. The average Bonchev–Trinajstić information content (AvgIpc) is 2.74. The Morgan fingerprint density at radius 3 is 2.72 bits per heavy atom. The van der Waals surface area contributed by atoms with E-state index in [1.54, 1.807) is 11.3 Å². The molecule has 0 saturated heterocycles. The topological polar surface area (TPSA) is 53.4 Å². The highest BCUT2D eigenvalue weighted by atomic mass is 32.1. The maximum atomic E-state index is 10.7. The molecule has 0 atom stereocenters. The third-order valence-electron chi connectivity index (χ3n) is 2.75. The van der Waals surface area contributed by atoms with Gasteiger partial charge in [-0.3, -0.25) is 4.79 Å². The van der Waals surface area contributed by atoms with Gasteiger partial charge in [-0.05, 0) is 13.3 Å². The van der Waals surface area contributed by atoms with Crippen LogP contribution in [0.5, 0.6) is 0 Å². The van der Waals surface area contributed by atoms with Gasteiger partial charge in [0.15, 0.2) is 5.13 Å². The fraction of sp³-hybridized carbons (Fsp3) is 0.692. The molecule has 0 bridgehead atoms. The van der Waals surface area contributed by atoms with Gasteiger partial charge in [-0.1, -0.05) is 26.2 Å². The quantitative estimate of drug-likeness (QED) is 0.699. The molecule has 102 valence electrons. The van der Waals surface area contributed by atoms with Crippen molar-refractivity contribution in [3.05, 3.63) is 11.1 Å². The highest BCUT2D eigenvalue weighted by Gasteiger charge is 2.11. The van der Waals surface area contributed by atoms with E-state index in [1.165, 1.54) is 19.3 Å². The third-order valence-corrected chi connectivity index (χ3v) is 3.77. The molecule has 4 nitrogen and oxygen atoms in total. The van der Waals surface area contributed by atoms with Gasteiger partial charge in [-0.2, -0.15) is 0 Å². The van der Waals surface area contributed by atoms with Crippen molar-refractivity contribution in [1.82, 2.24) is 4.98 Å². The molecule has 1 aromatic heterocycles. The number of hydrogen-bond acceptors (Lipinski definition) is 4. The summed E-state index contributed by atoms with van der Waals surface area (Å²) >= 11 is 1.59. The standard InChI is InChI=1S/C13H22N2O2S/c1-3-4-5-6-8-15(9-7-12(16)17)13-14-11(2)10-18-13/h10H,3-9H2,1-2H3,(H,16,17). The predicted molar refractivity (Wildman–Crippen MR) is 75.5 cm³/mol. The first-order chi connectivity index (χ1) is 8.63. The molecule has 18 heavy (non-hydrogen) atoms. The van der Waals surface area contributed by atoms with Crippen LogP contribution in [-0.2, 0) is 4.79 Å². The molecule has 1 N–H and O–H groups in total. The van der Waals surface area contributed by atoms with E-state index in [2.05, 4.69) is 16.8 Å². The summed E-state index contributed by atoms with van der Waals surface area (Å²) < 4.78 is 0. The maximum Gasteiger partial charge on any atom is 0.305 e. The Morgan fingerprint density at radius 2 is 2.17 bits per heavy atom. The van der Waals surface area contributed by atoms with E-state index in [9.17, 15) is 4.79 Å². The second-order valence-corrected chi connectivity index (χ2v) is 5.30. The summed E-state index contributed by atoms with van der Waals surface area (Å²) in [7, 11) is 0. The number of nitrogens with zero attached hydrogens (tertiary/aromatic N) is 2. The third kappa shape index (κ3) is 5.49. The van der Waals surface area contributed by atoms with Crippen molar-refractivity contribution in [2.24, 2.45) is 0 Å². The van der Waals surface area contributed by atoms with Gasteiger partial charge in [-0.25, -0.2) is 4.98 Å². The molecule has 0 aliphatic rings. The van der Waals surface area contributed by atoms with E-state index >= 15 is 0 Å². The Morgan fingerprint density at radius 1 is 1.39 bits per heavy atom. The number of aryl methyl sites for hydroxylation is 1. The van der Waals surface area contributed by atoms with Crippen molar-refractivity contribution in [2.45, 2.75) is 46.0 Å². The SMILES string of the molecule is CCCCCCN(CCC(=O)O)c1nc(C)cs1. The zero-order valence-electron chi connectivity index (χ0n) is 11.2. The number of carboxylic acids is 1. The van der Waals surface area contributed by atoms with Crippen LogP contribution in [-0.4, -0.2) is 29.1 Å². The maximum absolute atomic E-state index is 10.7. The molecule has 0 aliphatic heterocycles. The molecule has 0 unspecified atom stereocenters. The minimum atomic E-state index is -0.748. The van der Waals surface area contributed by atoms with Crippen molar-refractivity contribution in [3.8, 4) is 0 Å². The molecule has 1 aromatic rings. The summed E-state index contributed by atoms with van der Waals surface area (Å²) in [5, 5.41) is 11.7. The molecule has 0 spiro atoms. The second-order valence-electron chi connectivity index (χ2n) is 4.46. The lowest BCUT2D eigenvalue weighted by atomic mass is 10.2. The number of anilines is 1. The Bertz CT molecular complexity index is 366. The van der Waals surface area contributed by atoms with Gasteiger partial charge in [0, 0.05) is 18.5 Å². The van der Waals surface area contributed by atoms with Crippen molar-refractivity contribution in [2.75, 3.05) is 18.0 Å². The number of thiazole rings is 1. The first-order valence-corrected chi connectivity index (χ1v) is 7.40. The van der Waals surface area contributed by atoms with Gasteiger partial charge < -0.3 is 10.0 Å². The number of carbonyl (C=O) groups is 1. The predicted octanol–water partition coefficient (Wildman–Crippen LogP) is 3.31. The lowest BCUT2D eigenvalue weighted by Gasteiger charge is -2.20. The minimum Gasteiger partial charge on any atom is -0.481 e.